The molecule has 2 aromatic heterocycles. The van der Waals surface area contributed by atoms with Crippen LogP contribution in [0, 0.1) is 0 Å². The molecule has 0 aliphatic carbocycles. The number of hydrogen-bond donors (Lipinski definition) is 2. The highest BCUT2D eigenvalue weighted by molar-refractivity contribution is 7.21. The van der Waals surface area contributed by atoms with Gasteiger partial charge in [-0.05, 0) is 31.6 Å². The zero-order valence-electron chi connectivity index (χ0n) is 16.8. The van der Waals surface area contributed by atoms with Gasteiger partial charge < -0.3 is 15.5 Å². The van der Waals surface area contributed by atoms with Crippen molar-refractivity contribution in [2.75, 3.05) is 25.5 Å². The van der Waals surface area contributed by atoms with Crippen molar-refractivity contribution in [1.82, 2.24) is 15.6 Å². The average molecular weight is 398 g/mol. The number of thiophene rings is 1. The molecule has 0 aliphatic rings. The Hall–Kier alpha value is -2.93. The van der Waals surface area contributed by atoms with E-state index in [1.165, 1.54) is 11.3 Å². The number of pyridine rings is 1. The number of fused-ring (bicyclic) bond motifs is 1. The molecule has 28 heavy (non-hydrogen) atoms. The van der Waals surface area contributed by atoms with Gasteiger partial charge in [0.1, 0.15) is 4.83 Å². The van der Waals surface area contributed by atoms with E-state index < -0.39 is 0 Å². The van der Waals surface area contributed by atoms with E-state index in [4.69, 9.17) is 0 Å². The van der Waals surface area contributed by atoms with Gasteiger partial charge in [0.2, 0.25) is 0 Å². The van der Waals surface area contributed by atoms with Crippen LogP contribution in [-0.2, 0) is 0 Å². The van der Waals surface area contributed by atoms with Gasteiger partial charge in [0.25, 0.3) is 0 Å². The van der Waals surface area contributed by atoms with Crippen LogP contribution in [0.15, 0.2) is 53.5 Å². The van der Waals surface area contributed by atoms with E-state index in [1.807, 2.05) is 44.1 Å². The third kappa shape index (κ3) is 5.29. The first kappa shape index (κ1) is 21.4. The van der Waals surface area contributed by atoms with Crippen LogP contribution in [-0.4, -0.2) is 38.2 Å². The van der Waals surface area contributed by atoms with Gasteiger partial charge in [-0.15, -0.1) is 11.3 Å². The Morgan fingerprint density at radius 2 is 2.18 bits per heavy atom. The molecule has 0 atom stereocenters. The van der Waals surface area contributed by atoms with Gasteiger partial charge in [0, 0.05) is 38.2 Å². The first-order valence-electron chi connectivity index (χ1n) is 9.15. The van der Waals surface area contributed by atoms with E-state index in [0.717, 1.165) is 46.5 Å². The number of anilines is 1. The number of carbonyl (C=O) groups excluding carboxylic acids is 1. The van der Waals surface area contributed by atoms with Gasteiger partial charge in [-0.25, -0.2) is 9.98 Å². The molecule has 0 aliphatic heterocycles. The fraction of sp³-hybridized carbons (Fsp3) is 0.286. The fourth-order valence-electron chi connectivity index (χ4n) is 2.61. The first-order chi connectivity index (χ1) is 13.5. The van der Waals surface area contributed by atoms with Crippen molar-refractivity contribution >= 4 is 45.6 Å². The molecule has 2 heterocycles. The first-order valence-corrected chi connectivity index (χ1v) is 9.97. The van der Waals surface area contributed by atoms with Crippen molar-refractivity contribution in [3.05, 3.63) is 53.3 Å². The molecule has 0 unspecified atom stereocenters. The Balaban J connectivity index is 2.38. The normalized spacial score (nSPS) is 12.1. The second kappa shape index (κ2) is 10.4. The number of aliphatic imine (C=N–C) groups is 1. The minimum Gasteiger partial charge on any atom is -0.386 e. The predicted molar refractivity (Wildman–Crippen MR) is 121 cm³/mol. The second-order valence-corrected chi connectivity index (χ2v) is 7.24. The highest BCUT2D eigenvalue weighted by Gasteiger charge is 2.16. The SMILES string of the molecule is C=C(/C=C(\C=C/CC)NC=Nc1c(C=O)sc2nccc(N(C)C)c12)NCC. The Bertz CT molecular complexity index is 924. The van der Waals surface area contributed by atoms with E-state index in [1.54, 1.807) is 12.5 Å². The van der Waals surface area contributed by atoms with Crippen molar-refractivity contribution in [3.8, 4) is 0 Å². The monoisotopic (exact) mass is 397 g/mol. The van der Waals surface area contributed by atoms with Gasteiger partial charge in [-0.3, -0.25) is 4.79 Å². The van der Waals surface area contributed by atoms with Gasteiger partial charge in [0.15, 0.2) is 6.29 Å². The predicted octanol–water partition coefficient (Wildman–Crippen LogP) is 4.40. The molecule has 0 bridgehead atoms. The number of rotatable bonds is 10. The lowest BCUT2D eigenvalue weighted by atomic mass is 10.2. The number of likely N-dealkylation sites (N-methyl/N-ethyl adjacent to an activating group) is 1. The second-order valence-electron chi connectivity index (χ2n) is 6.21. The lowest BCUT2D eigenvalue weighted by molar-refractivity contribution is 0.112. The van der Waals surface area contributed by atoms with E-state index in [-0.39, 0.29) is 0 Å². The minimum atomic E-state index is 0.557. The van der Waals surface area contributed by atoms with Crippen LogP contribution in [0.4, 0.5) is 11.4 Å². The van der Waals surface area contributed by atoms with Gasteiger partial charge >= 0.3 is 0 Å². The summed E-state index contributed by atoms with van der Waals surface area (Å²) in [4.78, 5) is 23.9. The summed E-state index contributed by atoms with van der Waals surface area (Å²) >= 11 is 1.35. The number of hydrogen-bond acceptors (Lipinski definition) is 6. The Morgan fingerprint density at radius 1 is 1.39 bits per heavy atom. The van der Waals surface area contributed by atoms with Gasteiger partial charge in [-0.1, -0.05) is 19.6 Å². The third-order valence-electron chi connectivity index (χ3n) is 3.85. The van der Waals surface area contributed by atoms with Crippen molar-refractivity contribution in [2.45, 2.75) is 20.3 Å². The van der Waals surface area contributed by atoms with Crippen LogP contribution < -0.4 is 15.5 Å². The molecule has 0 amide bonds. The molecule has 2 N–H and O–H groups in total. The Morgan fingerprint density at radius 3 is 2.82 bits per heavy atom. The summed E-state index contributed by atoms with van der Waals surface area (Å²) in [7, 11) is 3.92. The smallest absolute Gasteiger partial charge is 0.162 e. The summed E-state index contributed by atoms with van der Waals surface area (Å²) in [6.45, 7) is 8.89. The number of carbonyl (C=O) groups is 1. The van der Waals surface area contributed by atoms with E-state index in [2.05, 4.69) is 40.2 Å². The molecule has 0 aromatic carbocycles. The lowest BCUT2D eigenvalue weighted by Gasteiger charge is -2.13. The molecule has 148 valence electrons. The summed E-state index contributed by atoms with van der Waals surface area (Å²) in [6, 6.07) is 1.92. The van der Waals surface area contributed by atoms with Crippen LogP contribution >= 0.6 is 11.3 Å². The maximum atomic E-state index is 11.6. The number of nitrogens with one attached hydrogen (secondary N) is 2. The summed E-state index contributed by atoms with van der Waals surface area (Å²) in [6.07, 6.45) is 11.1. The average Bonchev–Trinajstić information content (AvgIpc) is 3.03. The molecule has 6 nitrogen and oxygen atoms in total. The van der Waals surface area contributed by atoms with Crippen molar-refractivity contribution in [1.29, 1.82) is 0 Å². The maximum absolute atomic E-state index is 11.6. The van der Waals surface area contributed by atoms with Crippen molar-refractivity contribution < 1.29 is 4.79 Å². The summed E-state index contributed by atoms with van der Waals surface area (Å²) < 4.78 is 0. The van der Waals surface area contributed by atoms with E-state index in [9.17, 15) is 4.79 Å². The molecular weight excluding hydrogens is 370 g/mol. The maximum Gasteiger partial charge on any atom is 0.162 e. The van der Waals surface area contributed by atoms with Crippen molar-refractivity contribution in [3.63, 3.8) is 0 Å². The standard InChI is InChI=1S/C21H27N5OS/c1-6-8-9-16(12-15(3)22-7-2)24-14-25-20-18(13-27)28-21-19(20)17(26(4)5)10-11-23-21/h8-14,22H,3,6-7H2,1-2,4-5H3,(H,24,25)/b9-8-,16-12+. The van der Waals surface area contributed by atoms with Crippen LogP contribution in [0.5, 0.6) is 0 Å². The fourth-order valence-corrected chi connectivity index (χ4v) is 3.53. The molecular formula is C21H27N5OS. The molecule has 2 aromatic rings. The molecule has 0 fully saturated rings. The molecule has 0 saturated heterocycles. The third-order valence-corrected chi connectivity index (χ3v) is 4.86. The summed E-state index contributed by atoms with van der Waals surface area (Å²) in [5.74, 6) is 0. The molecule has 0 radical (unpaired) electrons. The zero-order chi connectivity index (χ0) is 20.5. The summed E-state index contributed by atoms with van der Waals surface area (Å²) in [5.41, 5.74) is 3.27. The quantitative estimate of drug-likeness (QED) is 0.269. The van der Waals surface area contributed by atoms with Gasteiger partial charge in [0.05, 0.1) is 28.0 Å². The Kier molecular flexibility index (Phi) is 7.95. The van der Waals surface area contributed by atoms with Crippen LogP contribution in [0.2, 0.25) is 0 Å². The van der Waals surface area contributed by atoms with Crippen LogP contribution in [0.25, 0.3) is 10.2 Å². The van der Waals surface area contributed by atoms with Crippen molar-refractivity contribution in [2.24, 2.45) is 4.99 Å². The molecule has 7 heteroatoms. The highest BCUT2D eigenvalue weighted by atomic mass is 32.1. The number of aldehydes is 1. The number of aromatic nitrogens is 1. The number of nitrogens with zero attached hydrogens (tertiary/aromatic N) is 3. The summed E-state index contributed by atoms with van der Waals surface area (Å²) in [5, 5.41) is 7.23. The number of allylic oxidation sites excluding steroid dienone is 3. The zero-order valence-corrected chi connectivity index (χ0v) is 17.6. The highest BCUT2D eigenvalue weighted by Crippen LogP contribution is 2.40. The molecule has 2 rings (SSSR count). The Labute approximate surface area is 170 Å². The van der Waals surface area contributed by atoms with Crippen LogP contribution in [0.3, 0.4) is 0 Å². The lowest BCUT2D eigenvalue weighted by Crippen LogP contribution is -2.13. The van der Waals surface area contributed by atoms with Crippen LogP contribution in [0.1, 0.15) is 29.9 Å². The minimum absolute atomic E-state index is 0.557. The molecule has 0 spiro atoms. The van der Waals surface area contributed by atoms with E-state index in [0.29, 0.717) is 10.6 Å². The topological polar surface area (TPSA) is 69.6 Å². The van der Waals surface area contributed by atoms with Gasteiger partial charge in [-0.2, -0.15) is 0 Å². The van der Waals surface area contributed by atoms with E-state index >= 15 is 0 Å². The largest absolute Gasteiger partial charge is 0.386 e. The molecule has 0 saturated carbocycles.